The lowest BCUT2D eigenvalue weighted by Gasteiger charge is -2.28. The number of rotatable bonds is 17. The molecule has 115 heavy (non-hydrogen) atoms. The molecule has 4 aromatic heterocycles. The van der Waals surface area contributed by atoms with Crippen molar-refractivity contribution in [1.82, 2.24) is 117 Å². The maximum Gasteiger partial charge on any atom is 0.456 e. The van der Waals surface area contributed by atoms with E-state index in [4.69, 9.17) is 25.1 Å². The number of amides is 14. The molecule has 0 aliphatic carbocycles. The largest absolute Gasteiger partial charge is 0.456 e. The standard InChI is InChI=1S/C20H20N8O4.C19H16N6O5.C18H14N6O5.C15H9N5O4/c1-22-19(21)23-11-6-12-26(27-17(29)13-7-2-3-8-14(13)18(27)30)20(31)32-28-16-10-5-4-9-15(16)24-25-28;1-20-16(26)10-11-23(24-17(27)12-6-2-3-7-13(12)18(24)28)19(29)30-25-15-9-5-4-8-14(15)21-22-25;1-19-15(25)10-22(23-16(26)11-6-2-3-7-12(11)17(23)27)18(28)29-24-14-9-5-4-8-13(14)20-21-24;21-13-9-5-1-2-6-10(9)14(22)19(13)17-15(23)24-20-12-8-4-3-7-11(12)16-18-20/h2-5,7-10H,6,11-12H2,1H3,(H3,21,22,23);2-9H,10-11H2,1H3,(H,20,26);2-9H,10H2,1H3,(H,19,25);1-8H,(H,17,23). The lowest BCUT2D eigenvalue weighted by atomic mass is 10.1. The average Bonchev–Trinajstić information content (AvgIpc) is 1.63. The maximum atomic E-state index is 13.1. The first-order valence-corrected chi connectivity index (χ1v) is 34.2. The predicted octanol–water partition coefficient (Wildman–Crippen LogP) is 2.07. The van der Waals surface area contributed by atoms with Crippen LogP contribution in [-0.4, -0.2) is 232 Å². The third-order valence-electron chi connectivity index (χ3n) is 17.1. The molecule has 43 heteroatoms. The Bertz CT molecular complexity index is 5840. The maximum absolute atomic E-state index is 13.1. The molecule has 0 saturated carbocycles. The van der Waals surface area contributed by atoms with Crippen LogP contribution in [0.15, 0.2) is 199 Å². The highest BCUT2D eigenvalue weighted by molar-refractivity contribution is 6.24. The van der Waals surface area contributed by atoms with Gasteiger partial charge in [0.25, 0.3) is 47.3 Å². The van der Waals surface area contributed by atoms with E-state index < -0.39 is 84.1 Å². The van der Waals surface area contributed by atoms with Gasteiger partial charge < -0.3 is 21.7 Å². The number of guanidine groups is 1. The van der Waals surface area contributed by atoms with Gasteiger partial charge in [-0.3, -0.25) is 72.3 Å². The predicted molar refractivity (Wildman–Crippen MR) is 392 cm³/mol. The number of nitrogens with one attached hydrogen (secondary N) is 4. The number of carbonyl (C=O) groups is 14. The van der Waals surface area contributed by atoms with E-state index in [0.29, 0.717) is 77.1 Å². The number of hydrazine groups is 4. The fourth-order valence-electron chi connectivity index (χ4n) is 11.5. The van der Waals surface area contributed by atoms with Crippen LogP contribution >= 0.6 is 0 Å². The molecule has 8 aromatic carbocycles. The normalized spacial score (nSPS) is 13.1. The van der Waals surface area contributed by atoms with Crippen molar-refractivity contribution in [3.8, 4) is 0 Å². The second-order valence-electron chi connectivity index (χ2n) is 24.1. The molecule has 43 nitrogen and oxygen atoms in total. The molecule has 0 atom stereocenters. The van der Waals surface area contributed by atoms with E-state index in [0.717, 1.165) is 34.4 Å². The molecule has 0 bridgehead atoms. The van der Waals surface area contributed by atoms with Gasteiger partial charge in [-0.25, -0.2) is 34.6 Å². The number of hydrogen-bond acceptors (Lipinski definition) is 27. The minimum atomic E-state index is -1.15. The number of nitrogens with two attached hydrogens (primary N) is 1. The Morgan fingerprint density at radius 1 is 0.383 bits per heavy atom. The summed E-state index contributed by atoms with van der Waals surface area (Å²) in [4.78, 5) is 204. The molecular weight excluding hydrogens is 1500 g/mol. The average molecular weight is 1560 g/mol. The number of aromatic nitrogens is 12. The summed E-state index contributed by atoms with van der Waals surface area (Å²) in [6.07, 6.45) is -4.04. The van der Waals surface area contributed by atoms with Gasteiger partial charge in [-0.2, -0.15) is 25.0 Å². The fraction of sp³-hybridized carbons (Fsp3) is 0.125. The van der Waals surface area contributed by atoms with Gasteiger partial charge in [-0.1, -0.05) is 116 Å². The van der Waals surface area contributed by atoms with E-state index >= 15 is 0 Å². The van der Waals surface area contributed by atoms with Crippen LogP contribution in [0, 0.1) is 0 Å². The lowest BCUT2D eigenvalue weighted by Crippen LogP contribution is -2.55. The summed E-state index contributed by atoms with van der Waals surface area (Å²) in [5, 5.41) is 43.1. The molecule has 4 aliphatic rings. The number of hydrogen-bond donors (Lipinski definition) is 5. The van der Waals surface area contributed by atoms with Crippen molar-refractivity contribution >= 4 is 134 Å². The van der Waals surface area contributed by atoms with Crippen LogP contribution in [0.5, 0.6) is 0 Å². The first-order chi connectivity index (χ1) is 55.7. The molecule has 16 rings (SSSR count). The summed E-state index contributed by atoms with van der Waals surface area (Å²) >= 11 is 0. The van der Waals surface area contributed by atoms with Crippen molar-refractivity contribution in [3.63, 3.8) is 0 Å². The number of likely N-dealkylation sites (N-methyl/N-ethyl adjacent to an activating group) is 1. The van der Waals surface area contributed by atoms with Gasteiger partial charge in [0.1, 0.15) is 50.7 Å². The van der Waals surface area contributed by atoms with E-state index in [9.17, 15) is 67.1 Å². The Kier molecular flexibility index (Phi) is 22.2. The van der Waals surface area contributed by atoms with Crippen LogP contribution in [0.2, 0.25) is 0 Å². The minimum Gasteiger partial charge on any atom is -0.370 e. The summed E-state index contributed by atoms with van der Waals surface area (Å²) in [5.74, 6) is -6.11. The van der Waals surface area contributed by atoms with E-state index in [1.54, 1.807) is 146 Å². The van der Waals surface area contributed by atoms with Crippen LogP contribution in [0.25, 0.3) is 44.1 Å². The van der Waals surface area contributed by atoms with Crippen molar-refractivity contribution in [3.05, 3.63) is 239 Å². The van der Waals surface area contributed by atoms with Crippen molar-refractivity contribution in [1.29, 1.82) is 0 Å². The molecule has 12 aromatic rings. The SMILES string of the molecule is CN=C(N)NCCCN(C(=O)On1nnc2ccccc21)N1C(=O)c2ccccc2C1=O.CNC(=O)CCN(C(=O)On1nnc2ccccc21)N1C(=O)c2ccccc2C1=O.CNC(=O)CN(C(=O)On1nnc2ccccc21)N1C(=O)c2ccccc2C1=O.O=C(NN1C(=O)c2ccccc2C1=O)On1nnc2ccccc21. The van der Waals surface area contributed by atoms with Crippen LogP contribution in [-0.2, 0) is 9.59 Å². The number of imide groups is 4. The summed E-state index contributed by atoms with van der Waals surface area (Å²) in [6, 6.07) is 52.2. The molecule has 8 heterocycles. The molecular formula is C72H59N25O18. The van der Waals surface area contributed by atoms with Crippen molar-refractivity contribution in [2.75, 3.05) is 47.3 Å². The Morgan fingerprint density at radius 3 is 1.00 bits per heavy atom. The molecule has 0 unspecified atom stereocenters. The molecule has 0 fully saturated rings. The molecule has 14 amide bonds. The van der Waals surface area contributed by atoms with E-state index in [1.165, 1.54) is 69.7 Å². The number of fused-ring (bicyclic) bond motifs is 8. The van der Waals surface area contributed by atoms with E-state index in [1.807, 2.05) is 0 Å². The Labute approximate surface area is 644 Å². The monoisotopic (exact) mass is 1560 g/mol. The van der Waals surface area contributed by atoms with Gasteiger partial charge in [-0.15, -0.1) is 20.4 Å². The van der Waals surface area contributed by atoms with Gasteiger partial charge in [0.2, 0.25) is 11.8 Å². The van der Waals surface area contributed by atoms with Gasteiger partial charge >= 0.3 is 24.4 Å². The topological polar surface area (TPSA) is 508 Å². The zero-order valence-electron chi connectivity index (χ0n) is 60.1. The Balaban J connectivity index is 0.000000134. The van der Waals surface area contributed by atoms with Crippen molar-refractivity contribution in [2.24, 2.45) is 10.7 Å². The van der Waals surface area contributed by atoms with Gasteiger partial charge in [0, 0.05) is 40.7 Å². The number of aliphatic imine (C=N–C) groups is 1. The molecule has 0 radical (unpaired) electrons. The summed E-state index contributed by atoms with van der Waals surface area (Å²) in [7, 11) is 4.33. The summed E-state index contributed by atoms with van der Waals surface area (Å²) < 4.78 is 0. The molecule has 580 valence electrons. The first kappa shape index (κ1) is 76.4. The molecule has 0 saturated heterocycles. The Morgan fingerprint density at radius 2 is 0.670 bits per heavy atom. The van der Waals surface area contributed by atoms with E-state index in [-0.39, 0.29) is 75.9 Å². The highest BCUT2D eigenvalue weighted by atomic mass is 16.7. The summed E-state index contributed by atoms with van der Waals surface area (Å²) in [6.45, 7) is -0.548. The van der Waals surface area contributed by atoms with Crippen LogP contribution in [0.3, 0.4) is 0 Å². The second kappa shape index (κ2) is 33.4. The van der Waals surface area contributed by atoms with Crippen molar-refractivity contribution < 1.29 is 86.5 Å². The number of para-hydroxylation sites is 4. The number of benzene rings is 8. The molecule has 6 N–H and O–H groups in total. The number of carbonyl (C=O) groups excluding carboxylic acids is 14. The number of nitrogens with zero attached hydrogens (tertiary/aromatic N) is 20. The fourth-order valence-corrected chi connectivity index (χ4v) is 11.5. The van der Waals surface area contributed by atoms with Crippen molar-refractivity contribution in [2.45, 2.75) is 12.8 Å². The van der Waals surface area contributed by atoms with Crippen LogP contribution in [0.4, 0.5) is 19.2 Å². The highest BCUT2D eigenvalue weighted by Crippen LogP contribution is 2.29. The zero-order valence-corrected chi connectivity index (χ0v) is 60.1. The van der Waals surface area contributed by atoms with Crippen LogP contribution < -0.4 is 46.5 Å². The smallest absolute Gasteiger partial charge is 0.370 e. The zero-order chi connectivity index (χ0) is 81.1. The Hall–Kier alpha value is -16.8. The third kappa shape index (κ3) is 15.7. The molecule has 0 spiro atoms. The lowest BCUT2D eigenvalue weighted by molar-refractivity contribution is -0.124. The summed E-state index contributed by atoms with van der Waals surface area (Å²) in [5.41, 5.74) is 12.9. The van der Waals surface area contributed by atoms with E-state index in [2.05, 4.69) is 67.6 Å². The molecule has 4 aliphatic heterocycles. The second-order valence-corrected chi connectivity index (χ2v) is 24.1. The van der Waals surface area contributed by atoms with Crippen LogP contribution in [0.1, 0.15) is 95.7 Å². The quantitative estimate of drug-likeness (QED) is 0.0286. The van der Waals surface area contributed by atoms with Gasteiger partial charge in [0.15, 0.2) is 5.96 Å². The van der Waals surface area contributed by atoms with Gasteiger partial charge in [0.05, 0.1) is 51.1 Å². The first-order valence-electron chi connectivity index (χ1n) is 34.2. The third-order valence-corrected chi connectivity index (χ3v) is 17.1. The highest BCUT2D eigenvalue weighted by Gasteiger charge is 2.46. The minimum absolute atomic E-state index is 0.0130. The van der Waals surface area contributed by atoms with Gasteiger partial charge in [-0.05, 0) is 124 Å².